The molecule has 2 amide bonds. The molecule has 2 aromatic rings. The lowest BCUT2D eigenvalue weighted by molar-refractivity contribution is -0.120. The Hall–Kier alpha value is -1.41. The van der Waals surface area contributed by atoms with Gasteiger partial charge in [0.1, 0.15) is 5.00 Å². The summed E-state index contributed by atoms with van der Waals surface area (Å²) in [6.07, 6.45) is 2.84. The van der Waals surface area contributed by atoms with Crippen LogP contribution in [0.1, 0.15) is 39.0 Å². The molecule has 3 rings (SSSR count). The molecule has 0 unspecified atom stereocenters. The Labute approximate surface area is 159 Å². The molecule has 1 atom stereocenters. The first kappa shape index (κ1) is 18.4. The maximum absolute atomic E-state index is 12.6. The number of carbonyl (C=O) groups excluding carboxylic acids is 2. The molecule has 1 aliphatic rings. The third-order valence-electron chi connectivity index (χ3n) is 4.48. The minimum atomic E-state index is -0.469. The van der Waals surface area contributed by atoms with Crippen molar-refractivity contribution in [2.75, 3.05) is 12.4 Å². The fourth-order valence-corrected chi connectivity index (χ4v) is 5.44. The molecule has 134 valence electrons. The average molecular weight is 398 g/mol. The van der Waals surface area contributed by atoms with E-state index in [0.717, 1.165) is 34.0 Å². The molecule has 0 saturated carbocycles. The van der Waals surface area contributed by atoms with E-state index < -0.39 is 5.91 Å². The Kier molecular flexibility index (Phi) is 5.48. The largest absolute Gasteiger partial charge is 0.365 e. The Bertz CT molecular complexity index is 815. The lowest BCUT2D eigenvalue weighted by atomic mass is 10.1. The summed E-state index contributed by atoms with van der Waals surface area (Å²) < 4.78 is 0.736. The molecule has 0 radical (unpaired) electrons. The number of fused-ring (bicyclic) bond motifs is 1. The van der Waals surface area contributed by atoms with Crippen molar-refractivity contribution in [3.05, 3.63) is 37.4 Å². The van der Waals surface area contributed by atoms with E-state index in [1.165, 1.54) is 27.6 Å². The number of halogens is 1. The van der Waals surface area contributed by atoms with Gasteiger partial charge in [-0.25, -0.2) is 0 Å². The highest BCUT2D eigenvalue weighted by atomic mass is 35.5. The van der Waals surface area contributed by atoms with E-state index in [4.69, 9.17) is 17.3 Å². The second kappa shape index (κ2) is 7.45. The molecular weight excluding hydrogens is 378 g/mol. The number of primary amides is 1. The van der Waals surface area contributed by atoms with Gasteiger partial charge < -0.3 is 11.1 Å². The topological polar surface area (TPSA) is 75.4 Å². The highest BCUT2D eigenvalue weighted by Gasteiger charge is 2.27. The van der Waals surface area contributed by atoms with E-state index in [1.807, 2.05) is 31.0 Å². The van der Waals surface area contributed by atoms with Crippen LogP contribution in [0.25, 0.3) is 0 Å². The minimum Gasteiger partial charge on any atom is -0.365 e. The molecular formula is C17H20ClN3O2S2. The number of nitrogens with one attached hydrogen (secondary N) is 1. The summed E-state index contributed by atoms with van der Waals surface area (Å²) in [7, 11) is 1.89. The van der Waals surface area contributed by atoms with Crippen molar-refractivity contribution in [2.45, 2.75) is 38.8 Å². The van der Waals surface area contributed by atoms with Crippen molar-refractivity contribution >= 4 is 51.1 Å². The van der Waals surface area contributed by atoms with Gasteiger partial charge in [-0.1, -0.05) is 11.6 Å². The number of likely N-dealkylation sites (N-methyl/N-ethyl adjacent to an activating group) is 1. The lowest BCUT2D eigenvalue weighted by Crippen LogP contribution is -2.39. The summed E-state index contributed by atoms with van der Waals surface area (Å²) in [6, 6.07) is 3.47. The van der Waals surface area contributed by atoms with Gasteiger partial charge >= 0.3 is 0 Å². The number of rotatable bonds is 6. The second-order valence-corrected chi connectivity index (χ2v) is 9.12. The van der Waals surface area contributed by atoms with Crippen molar-refractivity contribution in [1.82, 2.24) is 4.90 Å². The highest BCUT2D eigenvalue weighted by molar-refractivity contribution is 7.17. The predicted octanol–water partition coefficient (Wildman–Crippen LogP) is 3.51. The van der Waals surface area contributed by atoms with Crippen LogP contribution < -0.4 is 11.1 Å². The Morgan fingerprint density at radius 1 is 1.36 bits per heavy atom. The molecule has 0 bridgehead atoms. The van der Waals surface area contributed by atoms with E-state index in [1.54, 1.807) is 0 Å². The standard InChI is InChI=1S/C17H20ClN3O2S2/c1-9(21(2)8-10-6-7-13(18)24-10)16(23)20-17-14(15(19)22)11-4-3-5-12(11)25-17/h6-7,9H,3-5,8H2,1-2H3,(H2,19,22)(H,20,23)/t9-/m1/s1. The van der Waals surface area contributed by atoms with Gasteiger partial charge in [0.25, 0.3) is 5.91 Å². The van der Waals surface area contributed by atoms with Gasteiger partial charge in [0, 0.05) is 16.3 Å². The molecule has 5 nitrogen and oxygen atoms in total. The highest BCUT2D eigenvalue weighted by Crippen LogP contribution is 2.39. The zero-order chi connectivity index (χ0) is 18.1. The monoisotopic (exact) mass is 397 g/mol. The summed E-state index contributed by atoms with van der Waals surface area (Å²) in [5.74, 6) is -0.614. The first-order valence-corrected chi connectivity index (χ1v) is 10.1. The van der Waals surface area contributed by atoms with Gasteiger partial charge in [0.15, 0.2) is 0 Å². The van der Waals surface area contributed by atoms with Crippen LogP contribution in [-0.2, 0) is 24.2 Å². The van der Waals surface area contributed by atoms with Crippen LogP contribution in [0.15, 0.2) is 12.1 Å². The van der Waals surface area contributed by atoms with Crippen LogP contribution in [0.4, 0.5) is 5.00 Å². The third kappa shape index (κ3) is 3.89. The number of nitrogens with zero attached hydrogens (tertiary/aromatic N) is 1. The van der Waals surface area contributed by atoms with Gasteiger partial charge in [-0.3, -0.25) is 14.5 Å². The zero-order valence-electron chi connectivity index (χ0n) is 14.1. The Morgan fingerprint density at radius 2 is 2.12 bits per heavy atom. The van der Waals surface area contributed by atoms with E-state index >= 15 is 0 Å². The molecule has 0 aromatic carbocycles. The summed E-state index contributed by atoms with van der Waals surface area (Å²) in [5.41, 5.74) is 7.05. The van der Waals surface area contributed by atoms with Gasteiger partial charge in [0.05, 0.1) is 15.9 Å². The van der Waals surface area contributed by atoms with E-state index in [9.17, 15) is 9.59 Å². The molecule has 0 spiro atoms. The van der Waals surface area contributed by atoms with Crippen LogP contribution in [-0.4, -0.2) is 29.8 Å². The van der Waals surface area contributed by atoms with Crippen LogP contribution in [0.3, 0.4) is 0 Å². The fourth-order valence-electron chi connectivity index (χ4n) is 2.99. The third-order valence-corrected chi connectivity index (χ3v) is 6.90. The van der Waals surface area contributed by atoms with Crippen molar-refractivity contribution in [3.8, 4) is 0 Å². The normalized spacial score (nSPS) is 14.6. The van der Waals surface area contributed by atoms with Crippen molar-refractivity contribution in [3.63, 3.8) is 0 Å². The first-order chi connectivity index (χ1) is 11.9. The molecule has 25 heavy (non-hydrogen) atoms. The Balaban J connectivity index is 1.70. The number of hydrogen-bond donors (Lipinski definition) is 2. The lowest BCUT2D eigenvalue weighted by Gasteiger charge is -2.23. The zero-order valence-corrected chi connectivity index (χ0v) is 16.5. The van der Waals surface area contributed by atoms with E-state index in [2.05, 4.69) is 5.32 Å². The number of anilines is 1. The number of amides is 2. The maximum atomic E-state index is 12.6. The summed E-state index contributed by atoms with van der Waals surface area (Å²) in [5, 5.41) is 3.49. The van der Waals surface area contributed by atoms with E-state index in [-0.39, 0.29) is 11.9 Å². The quantitative estimate of drug-likeness (QED) is 0.783. The summed E-state index contributed by atoms with van der Waals surface area (Å²) in [4.78, 5) is 28.7. The number of carbonyl (C=O) groups is 2. The molecule has 0 saturated heterocycles. The number of hydrogen-bond acceptors (Lipinski definition) is 5. The molecule has 8 heteroatoms. The minimum absolute atomic E-state index is 0.146. The molecule has 2 heterocycles. The van der Waals surface area contributed by atoms with E-state index in [0.29, 0.717) is 17.1 Å². The molecule has 2 aromatic heterocycles. The Morgan fingerprint density at radius 3 is 2.76 bits per heavy atom. The summed E-state index contributed by atoms with van der Waals surface area (Å²) >= 11 is 8.93. The van der Waals surface area contributed by atoms with Crippen LogP contribution in [0, 0.1) is 0 Å². The van der Waals surface area contributed by atoms with Gasteiger partial charge in [-0.15, -0.1) is 22.7 Å². The van der Waals surface area contributed by atoms with Crippen LogP contribution >= 0.6 is 34.3 Å². The van der Waals surface area contributed by atoms with Crippen LogP contribution in [0.5, 0.6) is 0 Å². The summed E-state index contributed by atoms with van der Waals surface area (Å²) in [6.45, 7) is 2.48. The predicted molar refractivity (Wildman–Crippen MR) is 104 cm³/mol. The average Bonchev–Trinajstić information content (AvgIpc) is 3.22. The first-order valence-electron chi connectivity index (χ1n) is 8.06. The fraction of sp³-hybridized carbons (Fsp3) is 0.412. The molecule has 1 aliphatic carbocycles. The maximum Gasteiger partial charge on any atom is 0.251 e. The van der Waals surface area contributed by atoms with Crippen molar-refractivity contribution in [1.29, 1.82) is 0 Å². The molecule has 3 N–H and O–H groups in total. The number of aryl methyl sites for hydroxylation is 1. The smallest absolute Gasteiger partial charge is 0.251 e. The van der Waals surface area contributed by atoms with Crippen molar-refractivity contribution in [2.24, 2.45) is 5.73 Å². The second-order valence-electron chi connectivity index (χ2n) is 6.21. The van der Waals surface area contributed by atoms with Crippen molar-refractivity contribution < 1.29 is 9.59 Å². The van der Waals surface area contributed by atoms with Gasteiger partial charge in [0.2, 0.25) is 5.91 Å². The SMILES string of the molecule is C[C@H](C(=O)Nc1sc2c(c1C(N)=O)CCC2)N(C)Cc1ccc(Cl)s1. The number of nitrogens with two attached hydrogens (primary N) is 1. The van der Waals surface area contributed by atoms with Crippen LogP contribution in [0.2, 0.25) is 4.34 Å². The molecule has 0 aliphatic heterocycles. The molecule has 0 fully saturated rings. The number of thiophene rings is 2. The van der Waals surface area contributed by atoms with Gasteiger partial charge in [-0.05, 0) is 50.9 Å². The van der Waals surface area contributed by atoms with Gasteiger partial charge in [-0.2, -0.15) is 0 Å².